The number of anilines is 1. The fourth-order valence-corrected chi connectivity index (χ4v) is 4.15. The fourth-order valence-electron chi connectivity index (χ4n) is 4.15. The number of rotatable bonds is 3. The van der Waals surface area contributed by atoms with Crippen molar-refractivity contribution in [3.05, 3.63) is 53.9 Å². The molecule has 160 valence electrons. The number of nitrogens with one attached hydrogen (secondary N) is 1. The summed E-state index contributed by atoms with van der Waals surface area (Å²) in [5, 5.41) is 11.5. The second-order valence-electron chi connectivity index (χ2n) is 7.85. The van der Waals surface area contributed by atoms with Crippen LogP contribution in [0.1, 0.15) is 40.9 Å². The van der Waals surface area contributed by atoms with E-state index < -0.39 is 11.9 Å². The van der Waals surface area contributed by atoms with Crippen molar-refractivity contribution in [3.8, 4) is 5.75 Å². The first-order valence-corrected chi connectivity index (χ1v) is 10.3. The van der Waals surface area contributed by atoms with Crippen molar-refractivity contribution >= 4 is 17.5 Å². The number of carbonyl (C=O) groups is 2. The molecule has 0 aliphatic carbocycles. The summed E-state index contributed by atoms with van der Waals surface area (Å²) in [7, 11) is 3.54. The lowest BCUT2D eigenvalue weighted by molar-refractivity contribution is -0.120. The van der Waals surface area contributed by atoms with Crippen LogP contribution in [0.3, 0.4) is 0 Å². The van der Waals surface area contributed by atoms with E-state index in [2.05, 4.69) is 20.5 Å². The smallest absolute Gasteiger partial charge is 0.291 e. The van der Waals surface area contributed by atoms with Crippen LogP contribution in [0.4, 0.5) is 5.69 Å². The Bertz CT molecular complexity index is 1150. The molecule has 2 amide bonds. The number of carbonyl (C=O) groups excluding carboxylic acids is 2. The molecular formula is C21H23N7O3. The molecule has 3 aromatic rings. The third-order valence-electron chi connectivity index (χ3n) is 5.75. The van der Waals surface area contributed by atoms with E-state index in [1.165, 1.54) is 4.90 Å². The highest BCUT2D eigenvalue weighted by molar-refractivity contribution is 6.02. The monoisotopic (exact) mass is 421 g/mol. The maximum absolute atomic E-state index is 12.9. The average molecular weight is 421 g/mol. The van der Waals surface area contributed by atoms with Crippen LogP contribution in [0.15, 0.2) is 36.7 Å². The zero-order valence-electron chi connectivity index (χ0n) is 17.4. The minimum Gasteiger partial charge on any atom is -0.489 e. The maximum atomic E-state index is 12.9. The van der Waals surface area contributed by atoms with Crippen molar-refractivity contribution in [1.29, 1.82) is 0 Å². The van der Waals surface area contributed by atoms with Crippen molar-refractivity contribution in [2.24, 2.45) is 7.05 Å². The van der Waals surface area contributed by atoms with E-state index in [4.69, 9.17) is 4.74 Å². The van der Waals surface area contributed by atoms with Crippen molar-refractivity contribution < 1.29 is 14.3 Å². The van der Waals surface area contributed by atoms with E-state index in [1.807, 2.05) is 36.3 Å². The van der Waals surface area contributed by atoms with Crippen LogP contribution in [-0.4, -0.2) is 56.1 Å². The molecule has 2 aliphatic rings. The number of hydrogen-bond acceptors (Lipinski definition) is 6. The molecule has 2 aliphatic heterocycles. The summed E-state index contributed by atoms with van der Waals surface area (Å²) < 4.78 is 9.32. The maximum Gasteiger partial charge on any atom is 0.291 e. The van der Waals surface area contributed by atoms with Gasteiger partial charge in [-0.05, 0) is 25.0 Å². The first-order chi connectivity index (χ1) is 15.0. The molecule has 0 saturated carbocycles. The summed E-state index contributed by atoms with van der Waals surface area (Å²) in [6.45, 7) is 0.0395. The van der Waals surface area contributed by atoms with Crippen molar-refractivity contribution in [2.45, 2.75) is 31.3 Å². The van der Waals surface area contributed by atoms with Crippen LogP contribution in [0.25, 0.3) is 0 Å². The van der Waals surface area contributed by atoms with Crippen LogP contribution < -0.4 is 15.0 Å². The van der Waals surface area contributed by atoms with Crippen LogP contribution >= 0.6 is 0 Å². The summed E-state index contributed by atoms with van der Waals surface area (Å²) >= 11 is 0. The first-order valence-electron chi connectivity index (χ1n) is 10.3. The summed E-state index contributed by atoms with van der Waals surface area (Å²) in [5.74, 6) is 0.676. The van der Waals surface area contributed by atoms with E-state index >= 15 is 0 Å². The van der Waals surface area contributed by atoms with Gasteiger partial charge in [-0.3, -0.25) is 14.3 Å². The number of nitrogens with zero attached hydrogens (tertiary/aromatic N) is 6. The molecule has 4 heterocycles. The Morgan fingerprint density at radius 1 is 1.26 bits per heavy atom. The van der Waals surface area contributed by atoms with E-state index in [9.17, 15) is 9.59 Å². The SMILES string of the molecule is CN1C(=O)C(NC(=O)c2nc3n(n2)[C@H](c2cnn(C)c2)CCC3)COc2ccccc21. The van der Waals surface area contributed by atoms with Crippen LogP contribution in [-0.2, 0) is 18.3 Å². The molecule has 0 bridgehead atoms. The van der Waals surface area contributed by atoms with Crippen molar-refractivity contribution in [1.82, 2.24) is 29.9 Å². The van der Waals surface area contributed by atoms with Gasteiger partial charge in [-0.1, -0.05) is 12.1 Å². The number of hydrogen-bond donors (Lipinski definition) is 1. The minimum absolute atomic E-state index is 0.00465. The lowest BCUT2D eigenvalue weighted by Gasteiger charge is -2.22. The van der Waals surface area contributed by atoms with Crippen LogP contribution in [0.5, 0.6) is 5.75 Å². The van der Waals surface area contributed by atoms with Gasteiger partial charge in [-0.25, -0.2) is 9.67 Å². The number of para-hydroxylation sites is 2. The van der Waals surface area contributed by atoms with E-state index in [1.54, 1.807) is 23.9 Å². The lowest BCUT2D eigenvalue weighted by Crippen LogP contribution is -2.49. The normalized spacial score (nSPS) is 20.5. The first kappa shape index (κ1) is 19.3. The lowest BCUT2D eigenvalue weighted by atomic mass is 10.0. The van der Waals surface area contributed by atoms with E-state index in [0.717, 1.165) is 30.7 Å². The second-order valence-corrected chi connectivity index (χ2v) is 7.85. The predicted octanol–water partition coefficient (Wildman–Crippen LogP) is 1.09. The summed E-state index contributed by atoms with van der Waals surface area (Å²) in [5.41, 5.74) is 1.70. The number of benzene rings is 1. The third-order valence-corrected chi connectivity index (χ3v) is 5.75. The average Bonchev–Trinajstić information content (AvgIpc) is 3.39. The minimum atomic E-state index is -0.834. The molecule has 10 nitrogen and oxygen atoms in total. The molecule has 1 N–H and O–H groups in total. The molecule has 0 radical (unpaired) electrons. The van der Waals surface area contributed by atoms with Gasteiger partial charge in [-0.2, -0.15) is 5.10 Å². The van der Waals surface area contributed by atoms with Crippen LogP contribution in [0, 0.1) is 0 Å². The van der Waals surface area contributed by atoms with Crippen molar-refractivity contribution in [3.63, 3.8) is 0 Å². The molecule has 0 saturated heterocycles. The van der Waals surface area contributed by atoms with E-state index in [0.29, 0.717) is 11.4 Å². The Balaban J connectivity index is 1.36. The van der Waals surface area contributed by atoms with Gasteiger partial charge in [0.15, 0.2) is 0 Å². The van der Waals surface area contributed by atoms with Gasteiger partial charge in [0, 0.05) is 32.3 Å². The molecule has 2 atom stereocenters. The zero-order valence-corrected chi connectivity index (χ0v) is 17.4. The summed E-state index contributed by atoms with van der Waals surface area (Å²) in [4.78, 5) is 31.8. The van der Waals surface area contributed by atoms with Gasteiger partial charge in [0.2, 0.25) is 5.82 Å². The molecule has 2 aromatic heterocycles. The highest BCUT2D eigenvalue weighted by Crippen LogP contribution is 2.31. The number of ether oxygens (including phenoxy) is 1. The van der Waals surface area contributed by atoms with Crippen LogP contribution in [0.2, 0.25) is 0 Å². The molecule has 5 rings (SSSR count). The molecule has 10 heteroatoms. The summed E-state index contributed by atoms with van der Waals surface area (Å²) in [6.07, 6.45) is 6.38. The van der Waals surface area contributed by atoms with Gasteiger partial charge in [0.05, 0.1) is 17.9 Å². The number of aromatic nitrogens is 5. The molecule has 1 aromatic carbocycles. The number of fused-ring (bicyclic) bond motifs is 2. The fraction of sp³-hybridized carbons (Fsp3) is 0.381. The highest BCUT2D eigenvalue weighted by atomic mass is 16.5. The Morgan fingerprint density at radius 2 is 2.10 bits per heavy atom. The number of amides is 2. The summed E-state index contributed by atoms with van der Waals surface area (Å²) in [6, 6.07) is 6.44. The van der Waals surface area contributed by atoms with Gasteiger partial charge in [0.25, 0.3) is 11.8 Å². The molecule has 31 heavy (non-hydrogen) atoms. The third kappa shape index (κ3) is 3.43. The molecule has 0 spiro atoms. The predicted molar refractivity (Wildman–Crippen MR) is 111 cm³/mol. The standard InChI is InChI=1S/C21H23N7O3/c1-26-11-13(10-22-26)15-7-5-9-18-24-19(25-28(15)18)20(29)23-14-12-31-17-8-4-3-6-16(17)27(2)21(14)30/h3-4,6,8,10-11,14-15H,5,7,9,12H2,1-2H3,(H,23,29)/t14?,15-/m0/s1. The molecule has 1 unspecified atom stereocenters. The van der Waals surface area contributed by atoms with E-state index in [-0.39, 0.29) is 24.4 Å². The Labute approximate surface area is 178 Å². The van der Waals surface area contributed by atoms with Crippen molar-refractivity contribution in [2.75, 3.05) is 18.6 Å². The quantitative estimate of drug-likeness (QED) is 0.679. The topological polar surface area (TPSA) is 107 Å². The van der Waals surface area contributed by atoms with Gasteiger partial charge < -0.3 is 15.0 Å². The van der Waals surface area contributed by atoms with Gasteiger partial charge in [0.1, 0.15) is 24.2 Å². The Kier molecular flexibility index (Phi) is 4.68. The number of aryl methyl sites for hydroxylation is 2. The van der Waals surface area contributed by atoms with Gasteiger partial charge >= 0.3 is 0 Å². The molecular weight excluding hydrogens is 398 g/mol. The second kappa shape index (κ2) is 7.53. The number of likely N-dealkylation sites (N-methyl/N-ethyl adjacent to an activating group) is 1. The Morgan fingerprint density at radius 3 is 2.90 bits per heavy atom. The zero-order chi connectivity index (χ0) is 21.5. The molecule has 0 fully saturated rings. The highest BCUT2D eigenvalue weighted by Gasteiger charge is 2.33. The largest absolute Gasteiger partial charge is 0.489 e. The Hall–Kier alpha value is -3.69. The van der Waals surface area contributed by atoms with Gasteiger partial charge in [-0.15, -0.1) is 5.10 Å².